The van der Waals surface area contributed by atoms with Crippen LogP contribution >= 0.6 is 0 Å². The maximum atomic E-state index is 14.5. The number of rotatable bonds is 7. The van der Waals surface area contributed by atoms with Gasteiger partial charge in [-0.1, -0.05) is 48.5 Å². The van der Waals surface area contributed by atoms with Gasteiger partial charge in [-0.25, -0.2) is 4.39 Å². The molecule has 1 aliphatic carbocycles. The summed E-state index contributed by atoms with van der Waals surface area (Å²) in [6.45, 7) is 0.775. The van der Waals surface area contributed by atoms with Gasteiger partial charge in [-0.15, -0.1) is 6.58 Å². The van der Waals surface area contributed by atoms with Crippen molar-refractivity contribution in [2.75, 3.05) is 0 Å². The minimum absolute atomic E-state index is 0.270. The van der Waals surface area contributed by atoms with E-state index in [0.717, 1.165) is 23.5 Å². The van der Waals surface area contributed by atoms with Crippen LogP contribution in [0.25, 0.3) is 21.9 Å². The average Bonchev–Trinajstić information content (AvgIpc) is 2.79. The molecule has 162 valence electrons. The molecule has 1 aliphatic rings. The topological polar surface area (TPSA) is 9.23 Å². The van der Waals surface area contributed by atoms with Crippen LogP contribution < -0.4 is 4.74 Å². The first-order valence-electron chi connectivity index (χ1n) is 10.9. The fourth-order valence-corrected chi connectivity index (χ4v) is 4.72. The third-order valence-corrected chi connectivity index (χ3v) is 6.48. The van der Waals surface area contributed by atoms with Crippen molar-refractivity contribution < 1.29 is 17.9 Å². The van der Waals surface area contributed by atoms with Crippen LogP contribution in [0.1, 0.15) is 50.0 Å². The molecular formula is C27H27F3O. The third-order valence-electron chi connectivity index (χ3n) is 6.48. The van der Waals surface area contributed by atoms with Gasteiger partial charge in [0, 0.05) is 5.39 Å². The number of hydrogen-bond donors (Lipinski definition) is 0. The van der Waals surface area contributed by atoms with Gasteiger partial charge in [0.2, 0.25) is 0 Å². The maximum Gasteiger partial charge on any atom is 0.387 e. The first kappa shape index (κ1) is 21.5. The molecule has 4 heteroatoms. The Morgan fingerprint density at radius 3 is 2.32 bits per heavy atom. The van der Waals surface area contributed by atoms with Gasteiger partial charge < -0.3 is 4.74 Å². The molecule has 4 rings (SSSR count). The van der Waals surface area contributed by atoms with Crippen molar-refractivity contribution in [3.05, 3.63) is 78.6 Å². The van der Waals surface area contributed by atoms with Crippen LogP contribution in [0.3, 0.4) is 0 Å². The Morgan fingerprint density at radius 2 is 1.65 bits per heavy atom. The SMILES string of the molecule is C=CCCC1CCC(c2ccc(-c3ccc4c(F)c(OC(F)F)ccc4c3)cc2)CC1. The molecule has 3 aromatic carbocycles. The molecule has 31 heavy (non-hydrogen) atoms. The lowest BCUT2D eigenvalue weighted by atomic mass is 9.77. The van der Waals surface area contributed by atoms with Crippen LogP contribution in [-0.2, 0) is 0 Å². The summed E-state index contributed by atoms with van der Waals surface area (Å²) in [5.74, 6) is 0.258. The van der Waals surface area contributed by atoms with Gasteiger partial charge in [0.05, 0.1) is 0 Å². The summed E-state index contributed by atoms with van der Waals surface area (Å²) in [6, 6.07) is 16.8. The van der Waals surface area contributed by atoms with Gasteiger partial charge in [0.1, 0.15) is 0 Å². The van der Waals surface area contributed by atoms with E-state index in [4.69, 9.17) is 0 Å². The molecule has 0 aromatic heterocycles. The smallest absolute Gasteiger partial charge is 0.387 e. The number of ether oxygens (including phenoxy) is 1. The highest BCUT2D eigenvalue weighted by Gasteiger charge is 2.22. The first-order chi connectivity index (χ1) is 15.0. The highest BCUT2D eigenvalue weighted by molar-refractivity contribution is 5.89. The summed E-state index contributed by atoms with van der Waals surface area (Å²) in [7, 11) is 0. The van der Waals surface area contributed by atoms with E-state index in [0.29, 0.717) is 11.3 Å². The summed E-state index contributed by atoms with van der Waals surface area (Å²) in [4.78, 5) is 0. The summed E-state index contributed by atoms with van der Waals surface area (Å²) < 4.78 is 43.6. The highest BCUT2D eigenvalue weighted by Crippen LogP contribution is 2.38. The van der Waals surface area contributed by atoms with Crippen molar-refractivity contribution in [3.63, 3.8) is 0 Å². The van der Waals surface area contributed by atoms with E-state index in [-0.39, 0.29) is 5.39 Å². The fraction of sp³-hybridized carbons (Fsp3) is 0.333. The lowest BCUT2D eigenvalue weighted by Gasteiger charge is -2.28. The second-order valence-electron chi connectivity index (χ2n) is 8.40. The van der Waals surface area contributed by atoms with Crippen LogP contribution in [0, 0.1) is 11.7 Å². The highest BCUT2D eigenvalue weighted by atomic mass is 19.3. The Labute approximate surface area is 181 Å². The van der Waals surface area contributed by atoms with Crippen molar-refractivity contribution in [2.24, 2.45) is 5.92 Å². The van der Waals surface area contributed by atoms with Crippen LogP contribution in [0.15, 0.2) is 67.3 Å². The zero-order valence-electron chi connectivity index (χ0n) is 17.5. The molecule has 0 heterocycles. The molecule has 1 saturated carbocycles. The largest absolute Gasteiger partial charge is 0.432 e. The minimum atomic E-state index is -3.05. The van der Waals surface area contributed by atoms with E-state index < -0.39 is 18.2 Å². The molecule has 0 amide bonds. The quantitative estimate of drug-likeness (QED) is 0.346. The Kier molecular flexibility index (Phi) is 6.64. The number of allylic oxidation sites excluding steroid dienone is 1. The zero-order chi connectivity index (χ0) is 21.8. The molecule has 0 spiro atoms. The van der Waals surface area contributed by atoms with Crippen LogP contribution in [-0.4, -0.2) is 6.61 Å². The average molecular weight is 425 g/mol. The molecule has 0 atom stereocenters. The standard InChI is InChI=1S/C27H27F3O/c1-2-3-4-18-5-7-19(8-6-18)20-9-11-21(12-10-20)22-13-15-24-23(17-22)14-16-25(26(24)28)31-27(29)30/h2,9-19,27H,1,3-8H2. The molecule has 0 bridgehead atoms. The monoisotopic (exact) mass is 424 g/mol. The number of fused-ring (bicyclic) bond motifs is 1. The zero-order valence-corrected chi connectivity index (χ0v) is 17.5. The predicted octanol–water partition coefficient (Wildman–Crippen LogP) is 8.49. The molecular weight excluding hydrogens is 397 g/mol. The summed E-state index contributed by atoms with van der Waals surface area (Å²) in [5, 5.41) is 0.922. The van der Waals surface area contributed by atoms with E-state index in [1.807, 2.05) is 18.2 Å². The van der Waals surface area contributed by atoms with Crippen molar-refractivity contribution in [3.8, 4) is 16.9 Å². The molecule has 0 aliphatic heterocycles. The maximum absolute atomic E-state index is 14.5. The Hall–Kier alpha value is -2.75. The normalized spacial score (nSPS) is 19.0. The third kappa shape index (κ3) is 4.95. The van der Waals surface area contributed by atoms with Gasteiger partial charge in [0.25, 0.3) is 0 Å². The van der Waals surface area contributed by atoms with E-state index in [9.17, 15) is 13.2 Å². The molecule has 1 nitrogen and oxygen atoms in total. The summed E-state index contributed by atoms with van der Waals surface area (Å²) in [6.07, 6.45) is 9.43. The van der Waals surface area contributed by atoms with Crippen LogP contribution in [0.2, 0.25) is 0 Å². The van der Waals surface area contributed by atoms with Crippen molar-refractivity contribution in [2.45, 2.75) is 51.1 Å². The van der Waals surface area contributed by atoms with Gasteiger partial charge in [-0.3, -0.25) is 0 Å². The molecule has 0 N–H and O–H groups in total. The Balaban J connectivity index is 1.48. The predicted molar refractivity (Wildman–Crippen MR) is 120 cm³/mol. The molecule has 3 aromatic rings. The van der Waals surface area contributed by atoms with Crippen LogP contribution in [0.4, 0.5) is 13.2 Å². The van der Waals surface area contributed by atoms with E-state index >= 15 is 0 Å². The Morgan fingerprint density at radius 1 is 0.935 bits per heavy atom. The van der Waals surface area contributed by atoms with Crippen molar-refractivity contribution >= 4 is 10.8 Å². The number of benzene rings is 3. The summed E-state index contributed by atoms with van der Waals surface area (Å²) >= 11 is 0. The van der Waals surface area contributed by atoms with E-state index in [1.165, 1.54) is 43.7 Å². The second-order valence-corrected chi connectivity index (χ2v) is 8.40. The van der Waals surface area contributed by atoms with Crippen molar-refractivity contribution in [1.82, 2.24) is 0 Å². The van der Waals surface area contributed by atoms with Gasteiger partial charge in [-0.2, -0.15) is 8.78 Å². The van der Waals surface area contributed by atoms with Gasteiger partial charge in [-0.05, 0) is 84.6 Å². The minimum Gasteiger partial charge on any atom is -0.432 e. The van der Waals surface area contributed by atoms with Gasteiger partial charge >= 0.3 is 6.61 Å². The van der Waals surface area contributed by atoms with Gasteiger partial charge in [0.15, 0.2) is 11.6 Å². The first-order valence-corrected chi connectivity index (χ1v) is 10.9. The van der Waals surface area contributed by atoms with E-state index in [2.05, 4.69) is 35.6 Å². The second kappa shape index (κ2) is 9.59. The molecule has 1 fully saturated rings. The lowest BCUT2D eigenvalue weighted by Crippen LogP contribution is -2.13. The molecule has 0 radical (unpaired) electrons. The number of alkyl halides is 2. The van der Waals surface area contributed by atoms with Crippen LogP contribution in [0.5, 0.6) is 5.75 Å². The van der Waals surface area contributed by atoms with Crippen molar-refractivity contribution in [1.29, 1.82) is 0 Å². The Bertz CT molecular complexity index is 1030. The van der Waals surface area contributed by atoms with E-state index in [1.54, 1.807) is 12.1 Å². The fourth-order valence-electron chi connectivity index (χ4n) is 4.72. The molecule has 0 unspecified atom stereocenters. The number of hydrogen-bond acceptors (Lipinski definition) is 1. The lowest BCUT2D eigenvalue weighted by molar-refractivity contribution is -0.0520. The molecule has 0 saturated heterocycles. The number of halogens is 3. The summed E-state index contributed by atoms with van der Waals surface area (Å²) in [5.41, 5.74) is 3.40.